The molecular weight excluding hydrogens is 298 g/mol. The van der Waals surface area contributed by atoms with Crippen LogP contribution in [0.25, 0.3) is 0 Å². The van der Waals surface area contributed by atoms with E-state index in [1.165, 1.54) is 0 Å². The van der Waals surface area contributed by atoms with Gasteiger partial charge < -0.3 is 15.7 Å². The van der Waals surface area contributed by atoms with Crippen LogP contribution in [0.4, 0.5) is 5.95 Å². The van der Waals surface area contributed by atoms with Gasteiger partial charge in [-0.2, -0.15) is 0 Å². The van der Waals surface area contributed by atoms with Crippen molar-refractivity contribution in [1.82, 2.24) is 20.2 Å². The summed E-state index contributed by atoms with van der Waals surface area (Å²) in [5, 5.41) is 14.7. The first-order valence-corrected chi connectivity index (χ1v) is 7.73. The number of anilines is 1. The molecule has 8 heteroatoms. The van der Waals surface area contributed by atoms with Gasteiger partial charge in [-0.05, 0) is 32.4 Å². The monoisotopic (exact) mass is 321 g/mol. The minimum Gasteiger partial charge on any atom is -0.480 e. The molecule has 0 bridgehead atoms. The van der Waals surface area contributed by atoms with Crippen LogP contribution in [-0.2, 0) is 4.79 Å². The Labute approximate surface area is 135 Å². The molecular formula is C15H23N5O3. The lowest BCUT2D eigenvalue weighted by Crippen LogP contribution is -2.54. The van der Waals surface area contributed by atoms with Gasteiger partial charge in [-0.1, -0.05) is 6.92 Å². The predicted octanol–water partition coefficient (Wildman–Crippen LogP) is 0.494. The standard InChI is InChI=1S/C15H23N5O3/c1-4-20(8-13(21)22)11-6-10(7-11)18-14(23)12-5-9(2)17-15(16-3)19-12/h5,10-11H,4,6-8H2,1-3H3,(H,18,23)(H,21,22)(H,16,17,19). The molecule has 1 fully saturated rings. The molecule has 3 N–H and O–H groups in total. The van der Waals surface area contributed by atoms with Crippen molar-refractivity contribution < 1.29 is 14.7 Å². The summed E-state index contributed by atoms with van der Waals surface area (Å²) in [5.74, 6) is -0.632. The molecule has 1 heterocycles. The van der Waals surface area contributed by atoms with Gasteiger partial charge in [0.2, 0.25) is 5.95 Å². The number of aromatic nitrogens is 2. The van der Waals surface area contributed by atoms with E-state index < -0.39 is 5.97 Å². The van der Waals surface area contributed by atoms with Crippen molar-refractivity contribution in [2.24, 2.45) is 0 Å². The number of carboxylic acids is 1. The molecule has 0 saturated heterocycles. The van der Waals surface area contributed by atoms with Crippen LogP contribution in [0.1, 0.15) is 35.9 Å². The number of hydrogen-bond acceptors (Lipinski definition) is 6. The number of likely N-dealkylation sites (N-methyl/N-ethyl adjacent to an activating group) is 1. The predicted molar refractivity (Wildman–Crippen MR) is 85.5 cm³/mol. The number of aryl methyl sites for hydroxylation is 1. The zero-order valence-electron chi connectivity index (χ0n) is 13.7. The van der Waals surface area contributed by atoms with Crippen molar-refractivity contribution in [3.8, 4) is 0 Å². The molecule has 1 amide bonds. The highest BCUT2D eigenvalue weighted by atomic mass is 16.4. The largest absolute Gasteiger partial charge is 0.480 e. The van der Waals surface area contributed by atoms with Crippen LogP contribution in [0.5, 0.6) is 0 Å². The van der Waals surface area contributed by atoms with Gasteiger partial charge in [0.25, 0.3) is 5.91 Å². The molecule has 0 aliphatic heterocycles. The first-order chi connectivity index (χ1) is 10.9. The number of carbonyl (C=O) groups is 2. The summed E-state index contributed by atoms with van der Waals surface area (Å²) in [4.78, 5) is 33.3. The minimum atomic E-state index is -0.824. The van der Waals surface area contributed by atoms with Crippen LogP contribution in [0.3, 0.4) is 0 Å². The first kappa shape index (κ1) is 17.1. The Kier molecular flexibility index (Phi) is 5.49. The van der Waals surface area contributed by atoms with Gasteiger partial charge in [0.1, 0.15) is 5.69 Å². The zero-order chi connectivity index (χ0) is 17.0. The third kappa shape index (κ3) is 4.38. The van der Waals surface area contributed by atoms with Crippen molar-refractivity contribution in [3.63, 3.8) is 0 Å². The van der Waals surface area contributed by atoms with Gasteiger partial charge in [-0.3, -0.25) is 14.5 Å². The van der Waals surface area contributed by atoms with Crippen molar-refractivity contribution in [2.45, 2.75) is 38.8 Å². The van der Waals surface area contributed by atoms with E-state index in [4.69, 9.17) is 5.11 Å². The van der Waals surface area contributed by atoms with Crippen LogP contribution in [0, 0.1) is 6.92 Å². The zero-order valence-corrected chi connectivity index (χ0v) is 13.7. The third-order valence-electron chi connectivity index (χ3n) is 4.02. The first-order valence-electron chi connectivity index (χ1n) is 7.73. The number of aliphatic carboxylic acids is 1. The third-order valence-corrected chi connectivity index (χ3v) is 4.02. The van der Waals surface area contributed by atoms with E-state index in [1.54, 1.807) is 13.1 Å². The second kappa shape index (κ2) is 7.36. The molecule has 0 unspecified atom stereocenters. The minimum absolute atomic E-state index is 0.0401. The van der Waals surface area contributed by atoms with Gasteiger partial charge >= 0.3 is 5.97 Å². The van der Waals surface area contributed by atoms with Gasteiger partial charge in [0.15, 0.2) is 0 Å². The maximum Gasteiger partial charge on any atom is 0.317 e. The molecule has 8 nitrogen and oxygen atoms in total. The molecule has 1 saturated carbocycles. The van der Waals surface area contributed by atoms with Gasteiger partial charge in [0, 0.05) is 24.8 Å². The summed E-state index contributed by atoms with van der Waals surface area (Å²) in [6.45, 7) is 4.48. The van der Waals surface area contributed by atoms with Gasteiger partial charge in [-0.25, -0.2) is 9.97 Å². The summed E-state index contributed by atoms with van der Waals surface area (Å²) in [6.07, 6.45) is 1.52. The summed E-state index contributed by atoms with van der Waals surface area (Å²) in [5.41, 5.74) is 1.06. The van der Waals surface area contributed by atoms with E-state index in [9.17, 15) is 9.59 Å². The highest BCUT2D eigenvalue weighted by molar-refractivity contribution is 5.92. The summed E-state index contributed by atoms with van der Waals surface area (Å²) >= 11 is 0. The molecule has 126 valence electrons. The Morgan fingerprint density at radius 3 is 2.65 bits per heavy atom. The number of hydrogen-bond donors (Lipinski definition) is 3. The van der Waals surface area contributed by atoms with Crippen LogP contribution < -0.4 is 10.6 Å². The summed E-state index contributed by atoms with van der Waals surface area (Å²) in [6, 6.07) is 1.92. The summed E-state index contributed by atoms with van der Waals surface area (Å²) < 4.78 is 0. The normalized spacial score (nSPS) is 20.0. The Hall–Kier alpha value is -2.22. The molecule has 23 heavy (non-hydrogen) atoms. The van der Waals surface area contributed by atoms with E-state index in [0.717, 1.165) is 18.5 Å². The molecule has 0 atom stereocenters. The lowest BCUT2D eigenvalue weighted by Gasteiger charge is -2.42. The average molecular weight is 321 g/mol. The molecule has 1 aliphatic carbocycles. The van der Waals surface area contributed by atoms with Crippen molar-refractivity contribution >= 4 is 17.8 Å². The molecule has 0 radical (unpaired) electrons. The second-order valence-corrected chi connectivity index (χ2v) is 5.72. The molecule has 1 aromatic heterocycles. The maximum absolute atomic E-state index is 12.3. The number of carbonyl (C=O) groups excluding carboxylic acids is 1. The van der Waals surface area contributed by atoms with Crippen molar-refractivity contribution in [1.29, 1.82) is 0 Å². The maximum atomic E-state index is 12.3. The second-order valence-electron chi connectivity index (χ2n) is 5.72. The number of nitrogens with zero attached hydrogens (tertiary/aromatic N) is 3. The fraction of sp³-hybridized carbons (Fsp3) is 0.600. The summed E-state index contributed by atoms with van der Waals surface area (Å²) in [7, 11) is 1.70. The molecule has 0 spiro atoms. The number of nitrogens with one attached hydrogen (secondary N) is 2. The van der Waals surface area contributed by atoms with Gasteiger partial charge in [0.05, 0.1) is 6.54 Å². The Bertz CT molecular complexity index is 586. The number of rotatable bonds is 7. The van der Waals surface area contributed by atoms with E-state index in [2.05, 4.69) is 20.6 Å². The highest BCUT2D eigenvalue weighted by Crippen LogP contribution is 2.25. The molecule has 1 aromatic rings. The molecule has 0 aromatic carbocycles. The Morgan fingerprint density at radius 2 is 2.09 bits per heavy atom. The number of amides is 1. The Morgan fingerprint density at radius 1 is 1.39 bits per heavy atom. The van der Waals surface area contributed by atoms with Gasteiger partial charge in [-0.15, -0.1) is 0 Å². The van der Waals surface area contributed by atoms with Crippen LogP contribution in [0.2, 0.25) is 0 Å². The smallest absolute Gasteiger partial charge is 0.317 e. The lowest BCUT2D eigenvalue weighted by atomic mass is 9.85. The van der Waals surface area contributed by atoms with Crippen molar-refractivity contribution in [3.05, 3.63) is 17.5 Å². The van der Waals surface area contributed by atoms with E-state index >= 15 is 0 Å². The highest BCUT2D eigenvalue weighted by Gasteiger charge is 2.35. The number of carboxylic acid groups (broad SMARTS) is 1. The quantitative estimate of drug-likeness (QED) is 0.671. The SMILES string of the molecule is CCN(CC(=O)O)C1CC(NC(=O)c2cc(C)nc(NC)n2)C1. The van der Waals surface area contributed by atoms with E-state index in [1.807, 2.05) is 18.7 Å². The van der Waals surface area contributed by atoms with E-state index in [-0.39, 0.29) is 24.5 Å². The fourth-order valence-corrected chi connectivity index (χ4v) is 2.73. The average Bonchev–Trinajstić information content (AvgIpc) is 2.47. The van der Waals surface area contributed by atoms with Crippen molar-refractivity contribution in [2.75, 3.05) is 25.5 Å². The fourth-order valence-electron chi connectivity index (χ4n) is 2.73. The topological polar surface area (TPSA) is 107 Å². The van der Waals surface area contributed by atoms with E-state index in [0.29, 0.717) is 18.2 Å². The lowest BCUT2D eigenvalue weighted by molar-refractivity contribution is -0.139. The van der Waals surface area contributed by atoms with Crippen LogP contribution in [0.15, 0.2) is 6.07 Å². The molecule has 1 aliphatic rings. The Balaban J connectivity index is 1.89. The van der Waals surface area contributed by atoms with Crippen LogP contribution in [-0.4, -0.2) is 64.1 Å². The molecule has 2 rings (SSSR count). The van der Waals surface area contributed by atoms with Crippen LogP contribution >= 0.6 is 0 Å².